The lowest BCUT2D eigenvalue weighted by Gasteiger charge is -2.13. The second kappa shape index (κ2) is 5.06. The summed E-state index contributed by atoms with van der Waals surface area (Å²) in [6, 6.07) is 4.24. The van der Waals surface area contributed by atoms with Crippen LogP contribution < -0.4 is 10.1 Å². The molecule has 0 radical (unpaired) electrons. The molecule has 1 aromatic rings. The Bertz CT molecular complexity index is 380. The zero-order valence-corrected chi connectivity index (χ0v) is 11.3. The maximum Gasteiger partial charge on any atom is 0.135 e. The van der Waals surface area contributed by atoms with Crippen molar-refractivity contribution in [2.45, 2.75) is 6.42 Å². The van der Waals surface area contributed by atoms with Gasteiger partial charge in [-0.25, -0.2) is 0 Å². The number of hydrogen-bond acceptors (Lipinski definition) is 3. The molecular formula is C12H17BrN2O. The van der Waals surface area contributed by atoms with Gasteiger partial charge in [-0.2, -0.15) is 0 Å². The van der Waals surface area contributed by atoms with Gasteiger partial charge in [0.05, 0.1) is 4.47 Å². The molecule has 0 aliphatic carbocycles. The summed E-state index contributed by atoms with van der Waals surface area (Å²) in [7, 11) is 4.09. The van der Waals surface area contributed by atoms with E-state index in [1.54, 1.807) is 0 Å². The first-order chi connectivity index (χ1) is 7.66. The Morgan fingerprint density at radius 2 is 2.25 bits per heavy atom. The molecule has 0 bridgehead atoms. The van der Waals surface area contributed by atoms with Crippen molar-refractivity contribution in [1.29, 1.82) is 0 Å². The van der Waals surface area contributed by atoms with Crippen molar-refractivity contribution in [1.82, 2.24) is 4.90 Å². The minimum Gasteiger partial charge on any atom is -0.491 e. The van der Waals surface area contributed by atoms with Gasteiger partial charge in [-0.1, -0.05) is 0 Å². The number of rotatable bonds is 4. The van der Waals surface area contributed by atoms with E-state index in [0.717, 1.165) is 29.7 Å². The number of likely N-dealkylation sites (N-methyl/N-ethyl adjacent to an activating group) is 1. The summed E-state index contributed by atoms with van der Waals surface area (Å²) in [5, 5.41) is 3.36. The summed E-state index contributed by atoms with van der Waals surface area (Å²) >= 11 is 3.55. The predicted octanol–water partition coefficient (Wildman–Crippen LogP) is 2.36. The van der Waals surface area contributed by atoms with Gasteiger partial charge >= 0.3 is 0 Å². The number of anilines is 1. The first-order valence-electron chi connectivity index (χ1n) is 5.50. The van der Waals surface area contributed by atoms with E-state index < -0.39 is 0 Å². The zero-order chi connectivity index (χ0) is 11.5. The van der Waals surface area contributed by atoms with Crippen molar-refractivity contribution in [2.75, 3.05) is 39.1 Å². The topological polar surface area (TPSA) is 24.5 Å². The maximum atomic E-state index is 5.74. The van der Waals surface area contributed by atoms with E-state index in [1.165, 1.54) is 11.3 Å². The van der Waals surface area contributed by atoms with Crippen LogP contribution in [0.3, 0.4) is 0 Å². The molecule has 0 saturated heterocycles. The third kappa shape index (κ3) is 2.68. The van der Waals surface area contributed by atoms with E-state index in [4.69, 9.17) is 4.74 Å². The molecule has 1 heterocycles. The predicted molar refractivity (Wildman–Crippen MR) is 70.4 cm³/mol. The van der Waals surface area contributed by atoms with E-state index in [2.05, 4.69) is 38.3 Å². The van der Waals surface area contributed by atoms with Crippen LogP contribution in [0.2, 0.25) is 0 Å². The van der Waals surface area contributed by atoms with Crippen LogP contribution in [0.5, 0.6) is 5.75 Å². The first kappa shape index (κ1) is 11.7. The van der Waals surface area contributed by atoms with Crippen molar-refractivity contribution in [3.63, 3.8) is 0 Å². The summed E-state index contributed by atoms with van der Waals surface area (Å²) in [4.78, 5) is 2.11. The molecule has 0 atom stereocenters. The minimum absolute atomic E-state index is 0.713. The molecule has 2 rings (SSSR count). The largest absolute Gasteiger partial charge is 0.491 e. The molecule has 1 aliphatic heterocycles. The minimum atomic E-state index is 0.713. The molecule has 4 heteroatoms. The van der Waals surface area contributed by atoms with Gasteiger partial charge in [0.2, 0.25) is 0 Å². The Morgan fingerprint density at radius 3 is 3.00 bits per heavy atom. The van der Waals surface area contributed by atoms with E-state index in [-0.39, 0.29) is 0 Å². The molecular weight excluding hydrogens is 268 g/mol. The number of hydrogen-bond donors (Lipinski definition) is 1. The van der Waals surface area contributed by atoms with Gasteiger partial charge < -0.3 is 15.0 Å². The van der Waals surface area contributed by atoms with Gasteiger partial charge in [0, 0.05) is 24.8 Å². The van der Waals surface area contributed by atoms with E-state index >= 15 is 0 Å². The number of ether oxygens (including phenoxy) is 1. The molecule has 0 spiro atoms. The van der Waals surface area contributed by atoms with Crippen molar-refractivity contribution in [2.24, 2.45) is 0 Å². The van der Waals surface area contributed by atoms with E-state index in [1.807, 2.05) is 14.1 Å². The highest BCUT2D eigenvalue weighted by Crippen LogP contribution is 2.34. The Labute approximate surface area is 105 Å². The average Bonchev–Trinajstić information content (AvgIpc) is 2.64. The fraction of sp³-hybridized carbons (Fsp3) is 0.500. The number of nitrogens with zero attached hydrogens (tertiary/aromatic N) is 1. The van der Waals surface area contributed by atoms with Crippen LogP contribution in [0.25, 0.3) is 0 Å². The summed E-state index contributed by atoms with van der Waals surface area (Å²) in [6.07, 6.45) is 1.10. The van der Waals surface area contributed by atoms with Crippen LogP contribution in [0.4, 0.5) is 5.69 Å². The monoisotopic (exact) mass is 284 g/mol. The van der Waals surface area contributed by atoms with Gasteiger partial charge in [0.1, 0.15) is 12.4 Å². The highest BCUT2D eigenvalue weighted by Gasteiger charge is 2.13. The first-order valence-corrected chi connectivity index (χ1v) is 6.30. The molecule has 16 heavy (non-hydrogen) atoms. The third-order valence-corrected chi connectivity index (χ3v) is 3.28. The van der Waals surface area contributed by atoms with Crippen LogP contribution in [0, 0.1) is 0 Å². The van der Waals surface area contributed by atoms with Gasteiger partial charge in [-0.15, -0.1) is 0 Å². The summed E-state index contributed by atoms with van der Waals surface area (Å²) in [5.41, 5.74) is 2.58. The molecule has 0 unspecified atom stereocenters. The molecule has 88 valence electrons. The molecule has 0 saturated carbocycles. The fourth-order valence-electron chi connectivity index (χ4n) is 1.75. The second-order valence-corrected chi connectivity index (χ2v) is 5.12. The molecule has 1 N–H and O–H groups in total. The molecule has 0 fully saturated rings. The second-order valence-electron chi connectivity index (χ2n) is 4.27. The Kier molecular flexibility index (Phi) is 3.71. The molecule has 0 amide bonds. The van der Waals surface area contributed by atoms with Crippen LogP contribution in [-0.2, 0) is 6.42 Å². The van der Waals surface area contributed by atoms with Gasteiger partial charge in [0.15, 0.2) is 0 Å². The van der Waals surface area contributed by atoms with Crippen molar-refractivity contribution < 1.29 is 4.74 Å². The van der Waals surface area contributed by atoms with Crippen LogP contribution in [0.15, 0.2) is 16.6 Å². The van der Waals surface area contributed by atoms with Crippen LogP contribution in [-0.4, -0.2) is 38.7 Å². The molecule has 1 aromatic carbocycles. The Hall–Kier alpha value is -0.740. The normalized spacial score (nSPS) is 13.8. The van der Waals surface area contributed by atoms with E-state index in [0.29, 0.717) is 6.61 Å². The average molecular weight is 285 g/mol. The van der Waals surface area contributed by atoms with Gasteiger partial charge in [-0.3, -0.25) is 0 Å². The lowest BCUT2D eigenvalue weighted by Crippen LogP contribution is -2.19. The zero-order valence-electron chi connectivity index (χ0n) is 9.72. The third-order valence-electron chi connectivity index (χ3n) is 2.66. The fourth-order valence-corrected chi connectivity index (χ4v) is 2.25. The SMILES string of the molecule is CN(C)CCOc1cc2c(cc1Br)CCN2. The Morgan fingerprint density at radius 1 is 1.44 bits per heavy atom. The van der Waals surface area contributed by atoms with Crippen molar-refractivity contribution >= 4 is 21.6 Å². The maximum absolute atomic E-state index is 5.74. The van der Waals surface area contributed by atoms with Gasteiger partial charge in [0.25, 0.3) is 0 Å². The molecule has 0 aromatic heterocycles. The highest BCUT2D eigenvalue weighted by atomic mass is 79.9. The van der Waals surface area contributed by atoms with Crippen molar-refractivity contribution in [3.05, 3.63) is 22.2 Å². The summed E-state index contributed by atoms with van der Waals surface area (Å²) in [5.74, 6) is 0.926. The number of halogens is 1. The Balaban J connectivity index is 2.04. The standard InChI is InChI=1S/C12H17BrN2O/c1-15(2)5-6-16-12-8-11-9(3-4-14-11)7-10(12)13/h7-8,14H,3-6H2,1-2H3. The quantitative estimate of drug-likeness (QED) is 0.919. The number of nitrogens with one attached hydrogen (secondary N) is 1. The van der Waals surface area contributed by atoms with E-state index in [9.17, 15) is 0 Å². The highest BCUT2D eigenvalue weighted by molar-refractivity contribution is 9.10. The lowest BCUT2D eigenvalue weighted by molar-refractivity contribution is 0.260. The smallest absolute Gasteiger partial charge is 0.135 e. The van der Waals surface area contributed by atoms with Crippen molar-refractivity contribution in [3.8, 4) is 5.75 Å². The lowest BCUT2D eigenvalue weighted by atomic mass is 10.1. The number of fused-ring (bicyclic) bond motifs is 1. The summed E-state index contributed by atoms with van der Waals surface area (Å²) in [6.45, 7) is 2.67. The molecule has 1 aliphatic rings. The molecule has 3 nitrogen and oxygen atoms in total. The van der Waals surface area contributed by atoms with Crippen LogP contribution >= 0.6 is 15.9 Å². The number of benzene rings is 1. The summed E-state index contributed by atoms with van der Waals surface area (Å²) < 4.78 is 6.79. The van der Waals surface area contributed by atoms with Crippen LogP contribution in [0.1, 0.15) is 5.56 Å². The van der Waals surface area contributed by atoms with Gasteiger partial charge in [-0.05, 0) is 48.1 Å².